The lowest BCUT2D eigenvalue weighted by atomic mass is 9.81. The molecule has 0 saturated heterocycles. The zero-order chi connectivity index (χ0) is 10.8. The summed E-state index contributed by atoms with van der Waals surface area (Å²) in [6, 6.07) is 6.58. The Hall–Kier alpha value is -0.490. The summed E-state index contributed by atoms with van der Waals surface area (Å²) in [7, 11) is 0. The third kappa shape index (κ3) is 2.55. The molecule has 0 amide bonds. The first-order chi connectivity index (χ1) is 7.16. The van der Waals surface area contributed by atoms with Crippen LogP contribution < -0.4 is 0 Å². The Morgan fingerprint density at radius 2 is 2.07 bits per heavy atom. The fourth-order valence-electron chi connectivity index (χ4n) is 2.25. The lowest BCUT2D eigenvalue weighted by Gasteiger charge is -2.28. The molecule has 1 aromatic carbocycles. The normalized spacial score (nSPS) is 18.6. The van der Waals surface area contributed by atoms with Gasteiger partial charge in [0, 0.05) is 0 Å². The van der Waals surface area contributed by atoms with Gasteiger partial charge in [0.1, 0.15) is 0 Å². The largest absolute Gasteiger partial charge is 0.118 e. The number of alkyl halides is 1. The van der Waals surface area contributed by atoms with Gasteiger partial charge in [0.25, 0.3) is 0 Å². The summed E-state index contributed by atoms with van der Waals surface area (Å²) < 4.78 is 0. The summed E-state index contributed by atoms with van der Waals surface area (Å²) in [5.41, 5.74) is 3.98. The Bertz CT molecular complexity index is 339. The van der Waals surface area contributed by atoms with Crippen LogP contribution in [0.4, 0.5) is 0 Å². The number of hydrogen-bond donors (Lipinski definition) is 0. The van der Waals surface area contributed by atoms with E-state index >= 15 is 0 Å². The minimum Gasteiger partial charge on any atom is -0.118 e. The molecule has 1 fully saturated rings. The summed E-state index contributed by atoms with van der Waals surface area (Å²) in [5, 5.41) is 0.218. The monoisotopic (exact) mass is 222 g/mol. The smallest absolute Gasteiger partial charge is 0.0590 e. The van der Waals surface area contributed by atoms with Crippen molar-refractivity contribution in [2.45, 2.75) is 44.9 Å². The van der Waals surface area contributed by atoms with Crippen LogP contribution in [-0.4, -0.2) is 0 Å². The topological polar surface area (TPSA) is 0 Å². The molecular formula is C14H19Cl. The second-order valence-corrected chi connectivity index (χ2v) is 5.39. The van der Waals surface area contributed by atoms with Crippen molar-refractivity contribution in [3.8, 4) is 0 Å². The number of benzene rings is 1. The van der Waals surface area contributed by atoms with Crippen molar-refractivity contribution in [3.05, 3.63) is 34.9 Å². The van der Waals surface area contributed by atoms with E-state index in [2.05, 4.69) is 32.0 Å². The SMILES string of the molecule is Cc1ccc(C)c(C(Cl)CC2CCC2)c1. The van der Waals surface area contributed by atoms with E-state index in [0.717, 1.165) is 12.3 Å². The molecule has 0 bridgehead atoms. The summed E-state index contributed by atoms with van der Waals surface area (Å²) in [5.74, 6) is 0.882. The van der Waals surface area contributed by atoms with Crippen molar-refractivity contribution < 1.29 is 0 Å². The van der Waals surface area contributed by atoms with Gasteiger partial charge in [-0.05, 0) is 37.3 Å². The van der Waals surface area contributed by atoms with Crippen LogP contribution in [0.1, 0.15) is 47.8 Å². The maximum Gasteiger partial charge on any atom is 0.0590 e. The Morgan fingerprint density at radius 1 is 1.33 bits per heavy atom. The molecule has 82 valence electrons. The van der Waals surface area contributed by atoms with Crippen molar-refractivity contribution in [2.24, 2.45) is 5.92 Å². The van der Waals surface area contributed by atoms with Gasteiger partial charge in [0.2, 0.25) is 0 Å². The first-order valence-corrected chi connectivity index (χ1v) is 6.31. The summed E-state index contributed by atoms with van der Waals surface area (Å²) in [6.07, 6.45) is 5.33. The maximum absolute atomic E-state index is 6.49. The molecule has 0 radical (unpaired) electrons. The third-order valence-corrected chi connectivity index (χ3v) is 3.95. The van der Waals surface area contributed by atoms with Crippen LogP contribution in [0.3, 0.4) is 0 Å². The van der Waals surface area contributed by atoms with E-state index < -0.39 is 0 Å². The van der Waals surface area contributed by atoms with Crippen molar-refractivity contribution >= 4 is 11.6 Å². The lowest BCUT2D eigenvalue weighted by molar-refractivity contribution is 0.293. The molecule has 1 aliphatic carbocycles. The van der Waals surface area contributed by atoms with Gasteiger partial charge in [-0.15, -0.1) is 11.6 Å². The molecule has 0 N–H and O–H groups in total. The van der Waals surface area contributed by atoms with Gasteiger partial charge in [0.05, 0.1) is 5.38 Å². The molecule has 2 rings (SSSR count). The molecule has 0 aromatic heterocycles. The van der Waals surface area contributed by atoms with E-state index in [4.69, 9.17) is 11.6 Å². The lowest BCUT2D eigenvalue weighted by Crippen LogP contribution is -2.13. The Morgan fingerprint density at radius 3 is 2.67 bits per heavy atom. The fourth-order valence-corrected chi connectivity index (χ4v) is 2.73. The quantitative estimate of drug-likeness (QED) is 0.646. The molecule has 1 aromatic rings. The van der Waals surface area contributed by atoms with Crippen molar-refractivity contribution in [3.63, 3.8) is 0 Å². The summed E-state index contributed by atoms with van der Waals surface area (Å²) >= 11 is 6.49. The standard InChI is InChI=1S/C14H19Cl/c1-10-6-7-11(2)13(8-10)14(15)9-12-4-3-5-12/h6-8,12,14H,3-5,9H2,1-2H3. The van der Waals surface area contributed by atoms with Gasteiger partial charge in [-0.25, -0.2) is 0 Å². The van der Waals surface area contributed by atoms with Crippen LogP contribution in [0, 0.1) is 19.8 Å². The Kier molecular flexibility index (Phi) is 3.35. The number of hydrogen-bond acceptors (Lipinski definition) is 0. The average molecular weight is 223 g/mol. The summed E-state index contributed by atoms with van der Waals surface area (Å²) in [6.45, 7) is 4.29. The average Bonchev–Trinajstić information content (AvgIpc) is 2.15. The fraction of sp³-hybridized carbons (Fsp3) is 0.571. The Labute approximate surface area is 97.6 Å². The summed E-state index contributed by atoms with van der Waals surface area (Å²) in [4.78, 5) is 0. The highest BCUT2D eigenvalue weighted by molar-refractivity contribution is 6.20. The zero-order valence-electron chi connectivity index (χ0n) is 9.59. The third-order valence-electron chi connectivity index (χ3n) is 3.54. The maximum atomic E-state index is 6.49. The van der Waals surface area contributed by atoms with Crippen molar-refractivity contribution in [1.82, 2.24) is 0 Å². The van der Waals surface area contributed by atoms with Crippen LogP contribution in [-0.2, 0) is 0 Å². The Balaban J connectivity index is 2.09. The second-order valence-electron chi connectivity index (χ2n) is 4.86. The highest BCUT2D eigenvalue weighted by atomic mass is 35.5. The van der Waals surface area contributed by atoms with E-state index in [-0.39, 0.29) is 5.38 Å². The first-order valence-electron chi connectivity index (χ1n) is 5.88. The van der Waals surface area contributed by atoms with Gasteiger partial charge < -0.3 is 0 Å². The molecule has 0 heterocycles. The highest BCUT2D eigenvalue weighted by Gasteiger charge is 2.22. The molecule has 1 heteroatoms. The van der Waals surface area contributed by atoms with Crippen molar-refractivity contribution in [2.75, 3.05) is 0 Å². The van der Waals surface area contributed by atoms with Crippen LogP contribution in [0.5, 0.6) is 0 Å². The van der Waals surface area contributed by atoms with Gasteiger partial charge in [0.15, 0.2) is 0 Å². The van der Waals surface area contributed by atoms with Crippen LogP contribution >= 0.6 is 11.6 Å². The minimum atomic E-state index is 0.218. The van der Waals surface area contributed by atoms with Gasteiger partial charge >= 0.3 is 0 Å². The predicted octanol–water partition coefficient (Wildman–Crippen LogP) is 4.77. The van der Waals surface area contributed by atoms with Gasteiger partial charge in [-0.1, -0.05) is 43.0 Å². The van der Waals surface area contributed by atoms with E-state index in [9.17, 15) is 0 Å². The molecule has 0 spiro atoms. The van der Waals surface area contributed by atoms with Crippen LogP contribution in [0.25, 0.3) is 0 Å². The van der Waals surface area contributed by atoms with E-state index in [1.807, 2.05) is 0 Å². The molecule has 0 nitrogen and oxygen atoms in total. The first kappa shape index (κ1) is 11.0. The second kappa shape index (κ2) is 4.57. The number of rotatable bonds is 3. The molecule has 1 atom stereocenters. The van der Waals surface area contributed by atoms with Crippen LogP contribution in [0.15, 0.2) is 18.2 Å². The molecular weight excluding hydrogens is 204 g/mol. The number of halogens is 1. The number of aryl methyl sites for hydroxylation is 2. The van der Waals surface area contributed by atoms with Gasteiger partial charge in [-0.2, -0.15) is 0 Å². The van der Waals surface area contributed by atoms with Crippen molar-refractivity contribution in [1.29, 1.82) is 0 Å². The molecule has 0 aliphatic heterocycles. The van der Waals surface area contributed by atoms with Gasteiger partial charge in [-0.3, -0.25) is 0 Å². The molecule has 1 unspecified atom stereocenters. The minimum absolute atomic E-state index is 0.218. The molecule has 1 aliphatic rings. The zero-order valence-corrected chi connectivity index (χ0v) is 10.3. The predicted molar refractivity (Wildman–Crippen MR) is 66.5 cm³/mol. The van der Waals surface area contributed by atoms with E-state index in [1.165, 1.54) is 36.0 Å². The van der Waals surface area contributed by atoms with E-state index in [1.54, 1.807) is 0 Å². The van der Waals surface area contributed by atoms with E-state index in [0.29, 0.717) is 0 Å². The molecule has 1 saturated carbocycles. The van der Waals surface area contributed by atoms with Crippen LogP contribution in [0.2, 0.25) is 0 Å². The molecule has 15 heavy (non-hydrogen) atoms. The highest BCUT2D eigenvalue weighted by Crippen LogP contribution is 2.38.